The Morgan fingerprint density at radius 2 is 2.06 bits per heavy atom. The fourth-order valence-electron chi connectivity index (χ4n) is 1.54. The van der Waals surface area contributed by atoms with Gasteiger partial charge in [0.2, 0.25) is 5.95 Å². The van der Waals surface area contributed by atoms with Gasteiger partial charge in [-0.15, -0.1) is 0 Å². The van der Waals surface area contributed by atoms with Crippen molar-refractivity contribution in [1.29, 1.82) is 0 Å². The SMILES string of the molecule is Cc1cn(CCCC(F)(F)F)c(NC(C)C)n1. The molecule has 0 amide bonds. The summed E-state index contributed by atoms with van der Waals surface area (Å²) in [5, 5.41) is 3.11. The van der Waals surface area contributed by atoms with E-state index in [1.807, 2.05) is 20.8 Å². The number of hydrogen-bond acceptors (Lipinski definition) is 2. The summed E-state index contributed by atoms with van der Waals surface area (Å²) in [6, 6.07) is 0.207. The van der Waals surface area contributed by atoms with E-state index in [0.717, 1.165) is 5.69 Å². The molecule has 0 atom stereocenters. The Kier molecular flexibility index (Phi) is 4.42. The van der Waals surface area contributed by atoms with Gasteiger partial charge in [0.15, 0.2) is 0 Å². The lowest BCUT2D eigenvalue weighted by Gasteiger charge is -2.12. The van der Waals surface area contributed by atoms with Crippen molar-refractivity contribution < 1.29 is 13.2 Å². The van der Waals surface area contributed by atoms with Gasteiger partial charge in [-0.05, 0) is 27.2 Å². The molecule has 1 aromatic heterocycles. The van der Waals surface area contributed by atoms with Crippen LogP contribution >= 0.6 is 0 Å². The summed E-state index contributed by atoms with van der Waals surface area (Å²) in [5.41, 5.74) is 0.806. The highest BCUT2D eigenvalue weighted by Crippen LogP contribution is 2.22. The molecule has 0 fully saturated rings. The van der Waals surface area contributed by atoms with Crippen molar-refractivity contribution in [2.24, 2.45) is 0 Å². The van der Waals surface area contributed by atoms with Gasteiger partial charge in [-0.25, -0.2) is 4.98 Å². The lowest BCUT2D eigenvalue weighted by molar-refractivity contribution is -0.135. The molecule has 3 nitrogen and oxygen atoms in total. The van der Waals surface area contributed by atoms with E-state index < -0.39 is 12.6 Å². The second kappa shape index (κ2) is 5.42. The Hall–Kier alpha value is -1.20. The van der Waals surface area contributed by atoms with Gasteiger partial charge in [0.05, 0.1) is 5.69 Å². The van der Waals surface area contributed by atoms with E-state index in [1.165, 1.54) is 0 Å². The number of aryl methyl sites for hydroxylation is 2. The molecule has 0 saturated heterocycles. The molecule has 0 bridgehead atoms. The zero-order valence-corrected chi connectivity index (χ0v) is 10.3. The molecule has 0 aliphatic carbocycles. The lowest BCUT2D eigenvalue weighted by Crippen LogP contribution is -2.15. The van der Waals surface area contributed by atoms with Crippen LogP contribution in [-0.4, -0.2) is 21.8 Å². The first kappa shape index (κ1) is 13.9. The zero-order chi connectivity index (χ0) is 13.1. The van der Waals surface area contributed by atoms with E-state index in [2.05, 4.69) is 10.3 Å². The maximum Gasteiger partial charge on any atom is 0.389 e. The summed E-state index contributed by atoms with van der Waals surface area (Å²) < 4.78 is 37.8. The minimum Gasteiger partial charge on any atom is -0.353 e. The minimum absolute atomic E-state index is 0.0755. The van der Waals surface area contributed by atoms with Gasteiger partial charge in [-0.3, -0.25) is 0 Å². The zero-order valence-electron chi connectivity index (χ0n) is 10.3. The largest absolute Gasteiger partial charge is 0.389 e. The normalized spacial score (nSPS) is 12.2. The van der Waals surface area contributed by atoms with Crippen LogP contribution in [0.15, 0.2) is 6.20 Å². The summed E-state index contributed by atoms with van der Waals surface area (Å²) in [4.78, 5) is 4.24. The Bertz CT molecular complexity index is 355. The van der Waals surface area contributed by atoms with Crippen LogP contribution in [-0.2, 0) is 6.54 Å². The number of halogens is 3. The van der Waals surface area contributed by atoms with Crippen molar-refractivity contribution in [3.05, 3.63) is 11.9 Å². The van der Waals surface area contributed by atoms with Crippen molar-refractivity contribution in [2.45, 2.75) is 52.4 Å². The summed E-state index contributed by atoms with van der Waals surface area (Å²) >= 11 is 0. The molecule has 0 aromatic carbocycles. The average molecular weight is 249 g/mol. The monoisotopic (exact) mass is 249 g/mol. The molecule has 0 radical (unpaired) electrons. The third kappa shape index (κ3) is 5.10. The highest BCUT2D eigenvalue weighted by Gasteiger charge is 2.26. The van der Waals surface area contributed by atoms with Gasteiger partial charge >= 0.3 is 6.18 Å². The van der Waals surface area contributed by atoms with Gasteiger partial charge < -0.3 is 9.88 Å². The van der Waals surface area contributed by atoms with E-state index in [4.69, 9.17) is 0 Å². The summed E-state index contributed by atoms with van der Waals surface area (Å²) in [7, 11) is 0. The van der Waals surface area contributed by atoms with E-state index in [-0.39, 0.29) is 12.5 Å². The summed E-state index contributed by atoms with van der Waals surface area (Å²) in [6.07, 6.45) is -3.00. The van der Waals surface area contributed by atoms with Crippen LogP contribution in [0.5, 0.6) is 0 Å². The van der Waals surface area contributed by atoms with E-state index in [1.54, 1.807) is 10.8 Å². The van der Waals surface area contributed by atoms with Crippen LogP contribution in [0.1, 0.15) is 32.4 Å². The summed E-state index contributed by atoms with van der Waals surface area (Å²) in [6.45, 7) is 6.08. The van der Waals surface area contributed by atoms with Crippen LogP contribution in [0.3, 0.4) is 0 Å². The molecule has 0 saturated carbocycles. The van der Waals surface area contributed by atoms with Gasteiger partial charge in [0, 0.05) is 25.2 Å². The maximum absolute atomic E-state index is 12.0. The molecule has 0 unspecified atom stereocenters. The third-order valence-electron chi connectivity index (χ3n) is 2.17. The Labute approximate surface area is 99.0 Å². The topological polar surface area (TPSA) is 29.9 Å². The van der Waals surface area contributed by atoms with Crippen LogP contribution in [0.25, 0.3) is 0 Å². The van der Waals surface area contributed by atoms with Crippen molar-refractivity contribution in [3.8, 4) is 0 Å². The fourth-order valence-corrected chi connectivity index (χ4v) is 1.54. The second-order valence-corrected chi connectivity index (χ2v) is 4.42. The van der Waals surface area contributed by atoms with E-state index in [9.17, 15) is 13.2 Å². The molecule has 0 aliphatic heterocycles. The van der Waals surface area contributed by atoms with Crippen molar-refractivity contribution >= 4 is 5.95 Å². The standard InChI is InChI=1S/C11H18F3N3/c1-8(2)15-10-16-9(3)7-17(10)6-4-5-11(12,13)14/h7-8H,4-6H2,1-3H3,(H,15,16). The predicted octanol–water partition coefficient (Wildman–Crippen LogP) is 3.35. The van der Waals surface area contributed by atoms with Crippen LogP contribution < -0.4 is 5.32 Å². The molecule has 0 aliphatic rings. The number of anilines is 1. The molecular formula is C11H18F3N3. The fraction of sp³-hybridized carbons (Fsp3) is 0.727. The van der Waals surface area contributed by atoms with Gasteiger partial charge in [-0.1, -0.05) is 0 Å². The molecule has 1 heterocycles. The molecular weight excluding hydrogens is 231 g/mol. The van der Waals surface area contributed by atoms with Gasteiger partial charge in [0.25, 0.3) is 0 Å². The van der Waals surface area contributed by atoms with Crippen LogP contribution in [0, 0.1) is 6.92 Å². The van der Waals surface area contributed by atoms with Crippen LogP contribution in [0.4, 0.5) is 19.1 Å². The average Bonchev–Trinajstić information content (AvgIpc) is 2.43. The van der Waals surface area contributed by atoms with Gasteiger partial charge in [0.1, 0.15) is 0 Å². The number of hydrogen-bond donors (Lipinski definition) is 1. The number of aromatic nitrogens is 2. The molecule has 6 heteroatoms. The molecule has 98 valence electrons. The Morgan fingerprint density at radius 1 is 1.41 bits per heavy atom. The predicted molar refractivity (Wildman–Crippen MR) is 61.0 cm³/mol. The van der Waals surface area contributed by atoms with E-state index >= 15 is 0 Å². The molecule has 1 N–H and O–H groups in total. The Balaban J connectivity index is 2.57. The highest BCUT2D eigenvalue weighted by molar-refractivity contribution is 5.29. The molecule has 1 aromatic rings. The lowest BCUT2D eigenvalue weighted by atomic mass is 10.3. The first-order valence-corrected chi connectivity index (χ1v) is 5.65. The van der Waals surface area contributed by atoms with Crippen LogP contribution in [0.2, 0.25) is 0 Å². The van der Waals surface area contributed by atoms with Crippen molar-refractivity contribution in [2.75, 3.05) is 5.32 Å². The maximum atomic E-state index is 12.0. The second-order valence-electron chi connectivity index (χ2n) is 4.42. The van der Waals surface area contributed by atoms with Crippen molar-refractivity contribution in [3.63, 3.8) is 0 Å². The smallest absolute Gasteiger partial charge is 0.353 e. The number of nitrogens with zero attached hydrogens (tertiary/aromatic N) is 2. The molecule has 17 heavy (non-hydrogen) atoms. The summed E-state index contributed by atoms with van der Waals surface area (Å²) in [5.74, 6) is 0.639. The number of imidazole rings is 1. The first-order valence-electron chi connectivity index (χ1n) is 5.65. The van der Waals surface area contributed by atoms with Gasteiger partial charge in [-0.2, -0.15) is 13.2 Å². The number of rotatable bonds is 5. The Morgan fingerprint density at radius 3 is 2.59 bits per heavy atom. The minimum atomic E-state index is -4.08. The quantitative estimate of drug-likeness (QED) is 0.867. The number of alkyl halides is 3. The first-order chi connectivity index (χ1) is 7.78. The third-order valence-corrected chi connectivity index (χ3v) is 2.17. The van der Waals surface area contributed by atoms with E-state index in [0.29, 0.717) is 12.5 Å². The number of nitrogens with one attached hydrogen (secondary N) is 1. The molecule has 0 spiro atoms. The highest BCUT2D eigenvalue weighted by atomic mass is 19.4. The van der Waals surface area contributed by atoms with Crippen molar-refractivity contribution in [1.82, 2.24) is 9.55 Å². The molecule has 1 rings (SSSR count).